The lowest BCUT2D eigenvalue weighted by atomic mass is 10.2. The zero-order valence-corrected chi connectivity index (χ0v) is 65.2. The van der Waals surface area contributed by atoms with Crippen LogP contribution in [0, 0.1) is 0 Å². The van der Waals surface area contributed by atoms with Gasteiger partial charge in [0.25, 0.3) is 8.38 Å². The third kappa shape index (κ3) is 31.9. The van der Waals surface area contributed by atoms with Crippen molar-refractivity contribution in [3.63, 3.8) is 0 Å². The standard InChI is InChI=1S/C16H19OP.C15H17OP.C14H15O4P.C14H15O3P.2C14H15O2P/c1-16(2,17)13-18(14-9-5-3-6-10-14)15-11-7-4-8-12-15;16-12-7-13-17(14-8-3-1-4-9-14)15-10-5-2-6-11-15;15-11-12-16-19(17-13-7-3-1-4-8-13)18-14-9-5-2-6-10-14;15-11-12-16-18(14-9-5-2-6-10-14)17-13-7-3-1-4-8-13;15-11-12-17(16,13-7-3-1-4-8-13)14-9-5-2-6-10-14;15-11-12-16-17(13-7-3-1-4-8-13)14-9-5-2-6-10-14/h3-12,17H,13H2,1-2H3;1-6,8-11,16H,7,12-13H2;1-10,15H,11-12H2;1-10,15H,11-12H2;2*1-10,15H,11-12H2. The van der Waals surface area contributed by atoms with Gasteiger partial charge in [-0.1, -0.05) is 315 Å². The van der Waals surface area contributed by atoms with E-state index in [1.165, 1.54) is 31.8 Å². The number of hydrogen-bond acceptors (Lipinski definition) is 13. The molecule has 0 aromatic heterocycles. The summed E-state index contributed by atoms with van der Waals surface area (Å²) in [7, 11) is -7.07. The Morgan fingerprint density at radius 1 is 0.311 bits per heavy atom. The number of aliphatic hydroxyl groups excluding tert-OH is 5. The zero-order valence-electron chi connectivity index (χ0n) is 59.9. The molecule has 1 atom stereocenters. The monoisotopic (exact) mass is 1530 g/mol. The van der Waals surface area contributed by atoms with E-state index in [0.29, 0.717) is 24.3 Å². The molecule has 1 unspecified atom stereocenters. The smallest absolute Gasteiger partial charge is 0.444 e. The van der Waals surface area contributed by atoms with Crippen LogP contribution in [-0.2, 0) is 18.1 Å². The lowest BCUT2D eigenvalue weighted by molar-refractivity contribution is 0.106. The lowest BCUT2D eigenvalue weighted by Crippen LogP contribution is -2.28. The Bertz CT molecular complexity index is 3880. The van der Waals surface area contributed by atoms with Gasteiger partial charge in [-0.05, 0) is 112 Å². The van der Waals surface area contributed by atoms with Crippen LogP contribution in [0.5, 0.6) is 17.2 Å². The molecule has 12 aromatic rings. The van der Waals surface area contributed by atoms with Crippen molar-refractivity contribution < 1.29 is 62.3 Å². The van der Waals surface area contributed by atoms with Gasteiger partial charge in [-0.15, -0.1) is 0 Å². The van der Waals surface area contributed by atoms with Crippen molar-refractivity contribution in [3.8, 4) is 17.2 Å². The molecule has 0 aliphatic rings. The molecule has 0 aliphatic carbocycles. The molecule has 12 aromatic carbocycles. The Balaban J connectivity index is 0.000000178. The highest BCUT2D eigenvalue weighted by Crippen LogP contribution is 2.44. The van der Waals surface area contributed by atoms with Crippen molar-refractivity contribution in [1.82, 2.24) is 0 Å². The normalized spacial score (nSPS) is 11.2. The van der Waals surface area contributed by atoms with Crippen molar-refractivity contribution in [2.24, 2.45) is 0 Å². The molecule has 12 rings (SSSR count). The number of hydrogen-bond donors (Lipinski definition) is 6. The second-order valence-electron chi connectivity index (χ2n) is 23.5. The van der Waals surface area contributed by atoms with Crippen LogP contribution in [0.3, 0.4) is 0 Å². The highest BCUT2D eigenvalue weighted by atomic mass is 31.2. The molecule has 6 N–H and O–H groups in total. The van der Waals surface area contributed by atoms with E-state index in [-0.39, 0.29) is 54.2 Å². The molecule has 106 heavy (non-hydrogen) atoms. The van der Waals surface area contributed by atoms with Gasteiger partial charge in [-0.25, -0.2) is 0 Å². The van der Waals surface area contributed by atoms with Gasteiger partial charge >= 0.3 is 8.60 Å². The minimum atomic E-state index is -2.67. The molecule has 552 valence electrons. The average molecular weight is 1540 g/mol. The first-order valence-corrected chi connectivity index (χ1v) is 43.3. The van der Waals surface area contributed by atoms with Crippen molar-refractivity contribution in [1.29, 1.82) is 0 Å². The summed E-state index contributed by atoms with van der Waals surface area (Å²) in [4.78, 5) is 0. The Labute approximate surface area is 632 Å². The summed E-state index contributed by atoms with van der Waals surface area (Å²) in [5, 5.41) is 65.2. The highest BCUT2D eigenvalue weighted by molar-refractivity contribution is 7.78. The number of rotatable bonds is 31. The molecule has 0 saturated heterocycles. The zero-order chi connectivity index (χ0) is 75.0. The second-order valence-corrected chi connectivity index (χ2v) is 35.4. The molecule has 0 amide bonds. The summed E-state index contributed by atoms with van der Waals surface area (Å²) in [6, 6.07) is 119. The predicted molar refractivity (Wildman–Crippen MR) is 447 cm³/mol. The summed E-state index contributed by atoms with van der Waals surface area (Å²) in [6.45, 7) is 4.76. The van der Waals surface area contributed by atoms with Crippen molar-refractivity contribution in [3.05, 3.63) is 364 Å². The van der Waals surface area contributed by atoms with Gasteiger partial charge in [0, 0.05) is 45.5 Å². The Morgan fingerprint density at radius 3 is 0.915 bits per heavy atom. The maximum Gasteiger partial charge on any atom is 0.463 e. The largest absolute Gasteiger partial charge is 0.463 e. The van der Waals surface area contributed by atoms with Crippen molar-refractivity contribution >= 4 is 95.9 Å². The predicted octanol–water partition coefficient (Wildman–Crippen LogP) is 15.5. The summed E-state index contributed by atoms with van der Waals surface area (Å²) in [5.41, 5.74) is -0.641. The number of benzene rings is 12. The van der Waals surface area contributed by atoms with Crippen LogP contribution in [0.15, 0.2) is 364 Å². The Hall–Kier alpha value is -7.94. The first-order valence-electron chi connectivity index (χ1n) is 34.8. The van der Waals surface area contributed by atoms with Gasteiger partial charge in [-0.3, -0.25) is 4.52 Å². The van der Waals surface area contributed by atoms with E-state index in [4.69, 9.17) is 52.7 Å². The van der Waals surface area contributed by atoms with Gasteiger partial charge < -0.3 is 57.8 Å². The minimum Gasteiger partial charge on any atom is -0.444 e. The third-order valence-electron chi connectivity index (χ3n) is 14.7. The fraction of sp³-hybridized carbons (Fsp3) is 0.172. The van der Waals surface area contributed by atoms with E-state index in [0.717, 1.165) is 40.4 Å². The molecule has 0 bridgehead atoms. The maximum absolute atomic E-state index is 13.1. The molecule has 0 aliphatic heterocycles. The molecule has 0 saturated carbocycles. The van der Waals surface area contributed by atoms with Crippen LogP contribution in [0.4, 0.5) is 0 Å². The molecular formula is C87H96O13P6. The molecule has 0 heterocycles. The van der Waals surface area contributed by atoms with E-state index in [1.54, 1.807) is 0 Å². The second kappa shape index (κ2) is 50.6. The average Bonchev–Trinajstić information content (AvgIpc) is 0.799. The first-order chi connectivity index (χ1) is 51.9. The molecule has 0 fully saturated rings. The molecule has 0 radical (unpaired) electrons. The van der Waals surface area contributed by atoms with Crippen LogP contribution in [0.25, 0.3) is 0 Å². The molecule has 19 heteroatoms. The summed E-state index contributed by atoms with van der Waals surface area (Å²) in [6.07, 6.45) is 3.01. The number of aliphatic hydroxyl groups is 6. The van der Waals surface area contributed by atoms with Crippen LogP contribution < -0.4 is 61.3 Å². The first kappa shape index (κ1) is 85.3. The van der Waals surface area contributed by atoms with E-state index in [2.05, 4.69) is 121 Å². The molecule has 13 nitrogen and oxygen atoms in total. The van der Waals surface area contributed by atoms with Gasteiger partial charge in [0.1, 0.15) is 24.4 Å². The Kier molecular flexibility index (Phi) is 40.7. The Morgan fingerprint density at radius 2 is 0.594 bits per heavy atom. The van der Waals surface area contributed by atoms with E-state index >= 15 is 0 Å². The quantitative estimate of drug-likeness (QED) is 0.0225. The summed E-state index contributed by atoms with van der Waals surface area (Å²) < 4.78 is 46.9. The van der Waals surface area contributed by atoms with Crippen LogP contribution in [0.2, 0.25) is 0 Å². The van der Waals surface area contributed by atoms with E-state index in [1.807, 2.05) is 257 Å². The van der Waals surface area contributed by atoms with Crippen LogP contribution in [-0.4, -0.2) is 108 Å². The molecule has 0 spiro atoms. The lowest BCUT2D eigenvalue weighted by Gasteiger charge is -2.26. The third-order valence-corrected chi connectivity index (χ3v) is 28.0. The minimum absolute atomic E-state index is 0.0101. The summed E-state index contributed by atoms with van der Waals surface area (Å²) in [5.74, 6) is 2.11. The fourth-order valence-electron chi connectivity index (χ4n) is 9.95. The summed E-state index contributed by atoms with van der Waals surface area (Å²) >= 11 is 0. The highest BCUT2D eigenvalue weighted by Gasteiger charge is 2.27. The van der Waals surface area contributed by atoms with Gasteiger partial charge in [0.2, 0.25) is 0 Å². The number of para-hydroxylation sites is 3. The molecular weight excluding hydrogens is 1440 g/mol. The fourth-order valence-corrected chi connectivity index (χ4v) is 21.2. The van der Waals surface area contributed by atoms with Crippen LogP contribution in [0.1, 0.15) is 20.3 Å². The van der Waals surface area contributed by atoms with Gasteiger partial charge in [0.05, 0.1) is 60.0 Å². The van der Waals surface area contributed by atoms with E-state index in [9.17, 15) is 9.67 Å². The van der Waals surface area contributed by atoms with E-state index < -0.39 is 45.8 Å². The maximum atomic E-state index is 13.1. The van der Waals surface area contributed by atoms with Crippen molar-refractivity contribution in [2.45, 2.75) is 25.9 Å². The van der Waals surface area contributed by atoms with Gasteiger partial charge in [0.15, 0.2) is 0 Å². The van der Waals surface area contributed by atoms with Gasteiger partial charge in [-0.2, -0.15) is 0 Å². The SMILES string of the molecule is CC(C)(O)CP(c1ccccc1)c1ccccc1.O=P(CCO)(c1ccccc1)c1ccccc1.OCCCP(c1ccccc1)c1ccccc1.OCCOP(Oc1ccccc1)Oc1ccccc1.OCCOP(Oc1ccccc1)c1ccccc1.OCCOP(c1ccccc1)c1ccccc1. The van der Waals surface area contributed by atoms with Crippen LogP contribution >= 0.6 is 48.1 Å². The van der Waals surface area contributed by atoms with Crippen molar-refractivity contribution in [2.75, 3.05) is 71.3 Å². The topological polar surface area (TPSA) is 194 Å².